The molecule has 0 amide bonds. The molecule has 0 fully saturated rings. The minimum absolute atomic E-state index is 0.0774. The van der Waals surface area contributed by atoms with E-state index >= 15 is 0 Å². The molecule has 0 aromatic heterocycles. The molecule has 1 heteroatoms. The summed E-state index contributed by atoms with van der Waals surface area (Å²) in [5.74, 6) is 0. The number of rotatable bonds is 8. The predicted molar refractivity (Wildman–Crippen MR) is 236 cm³/mol. The lowest BCUT2D eigenvalue weighted by atomic mass is 9.60. The van der Waals surface area contributed by atoms with Crippen LogP contribution in [0.4, 0.5) is 0 Å². The maximum atomic E-state index is 5.40. The molecular formula is C55H43N. The zero-order chi connectivity index (χ0) is 37.9. The molecular weight excluding hydrogens is 675 g/mol. The van der Waals surface area contributed by atoms with E-state index in [-0.39, 0.29) is 6.04 Å². The number of aliphatic imine (C=N–C) groups is 1. The van der Waals surface area contributed by atoms with Crippen LogP contribution in [0.5, 0.6) is 0 Å². The van der Waals surface area contributed by atoms with Gasteiger partial charge in [0, 0.05) is 0 Å². The van der Waals surface area contributed by atoms with Crippen LogP contribution in [0.3, 0.4) is 0 Å². The number of allylic oxidation sites excluding steroid dienone is 2. The van der Waals surface area contributed by atoms with Gasteiger partial charge in [-0.25, -0.2) is 0 Å². The summed E-state index contributed by atoms with van der Waals surface area (Å²) in [6.07, 6.45) is 2.22. The number of fused-ring (bicyclic) bond motifs is 6. The molecule has 9 rings (SSSR count). The van der Waals surface area contributed by atoms with Gasteiger partial charge in [-0.2, -0.15) is 0 Å². The molecule has 0 spiro atoms. The minimum atomic E-state index is -0.637. The summed E-state index contributed by atoms with van der Waals surface area (Å²) in [4.78, 5) is 5.40. The third-order valence-electron chi connectivity index (χ3n) is 11.4. The molecule has 8 aromatic carbocycles. The van der Waals surface area contributed by atoms with Gasteiger partial charge in [-0.15, -0.1) is 0 Å². The van der Waals surface area contributed by atoms with Crippen molar-refractivity contribution in [2.45, 2.75) is 25.3 Å². The molecule has 8 aromatic rings. The van der Waals surface area contributed by atoms with Gasteiger partial charge in [0.25, 0.3) is 0 Å². The first-order valence-electron chi connectivity index (χ1n) is 19.5. The Morgan fingerprint density at radius 3 is 1.59 bits per heavy atom. The van der Waals surface area contributed by atoms with Crippen molar-refractivity contribution in [2.24, 2.45) is 4.99 Å². The molecule has 0 saturated carbocycles. The van der Waals surface area contributed by atoms with Gasteiger partial charge in [-0.1, -0.05) is 212 Å². The molecule has 0 saturated heterocycles. The smallest absolute Gasteiger partial charge is 0.0728 e. The lowest BCUT2D eigenvalue weighted by Crippen LogP contribution is -2.33. The fraction of sp³-hybridized carbons (Fsp3) is 0.0727. The lowest BCUT2D eigenvalue weighted by Gasteiger charge is -2.41. The van der Waals surface area contributed by atoms with Gasteiger partial charge >= 0.3 is 0 Å². The largest absolute Gasteiger partial charge is 0.277 e. The van der Waals surface area contributed by atoms with Crippen molar-refractivity contribution in [3.05, 3.63) is 257 Å². The molecule has 0 heterocycles. The maximum absolute atomic E-state index is 5.40. The van der Waals surface area contributed by atoms with E-state index < -0.39 is 5.41 Å². The average Bonchev–Trinajstić information content (AvgIpc) is 3.27. The first-order valence-corrected chi connectivity index (χ1v) is 19.5. The van der Waals surface area contributed by atoms with Gasteiger partial charge in [-0.05, 0) is 97.8 Å². The summed E-state index contributed by atoms with van der Waals surface area (Å²) in [7, 11) is 0. The van der Waals surface area contributed by atoms with Gasteiger partial charge in [-0.3, -0.25) is 4.99 Å². The van der Waals surface area contributed by atoms with Crippen molar-refractivity contribution < 1.29 is 0 Å². The normalized spacial score (nSPS) is 15.5. The predicted octanol–water partition coefficient (Wildman–Crippen LogP) is 14.0. The third kappa shape index (κ3) is 6.22. The van der Waals surface area contributed by atoms with Gasteiger partial charge in [0.1, 0.15) is 0 Å². The minimum Gasteiger partial charge on any atom is -0.277 e. The molecule has 268 valence electrons. The Balaban J connectivity index is 1.27. The van der Waals surface area contributed by atoms with Crippen LogP contribution >= 0.6 is 0 Å². The fourth-order valence-electron chi connectivity index (χ4n) is 8.71. The summed E-state index contributed by atoms with van der Waals surface area (Å²) in [6, 6.07) is 77.2. The van der Waals surface area contributed by atoms with Crippen LogP contribution in [-0.4, -0.2) is 5.71 Å². The second-order valence-corrected chi connectivity index (χ2v) is 14.7. The molecule has 2 bridgehead atoms. The van der Waals surface area contributed by atoms with Crippen molar-refractivity contribution in [2.75, 3.05) is 0 Å². The Morgan fingerprint density at radius 1 is 0.446 bits per heavy atom. The van der Waals surface area contributed by atoms with E-state index in [0.29, 0.717) is 0 Å². The van der Waals surface area contributed by atoms with Crippen LogP contribution in [0.2, 0.25) is 0 Å². The lowest BCUT2D eigenvalue weighted by molar-refractivity contribution is 0.744. The highest BCUT2D eigenvalue weighted by Crippen LogP contribution is 2.55. The third-order valence-corrected chi connectivity index (χ3v) is 11.4. The quantitative estimate of drug-likeness (QED) is 0.139. The van der Waals surface area contributed by atoms with Crippen molar-refractivity contribution in [1.82, 2.24) is 0 Å². The zero-order valence-corrected chi connectivity index (χ0v) is 31.8. The van der Waals surface area contributed by atoms with Gasteiger partial charge in [0.2, 0.25) is 0 Å². The fourth-order valence-corrected chi connectivity index (χ4v) is 8.71. The first-order chi connectivity index (χ1) is 27.6. The molecule has 1 aliphatic rings. The van der Waals surface area contributed by atoms with E-state index in [1.165, 1.54) is 66.8 Å². The monoisotopic (exact) mass is 717 g/mol. The van der Waals surface area contributed by atoms with E-state index in [4.69, 9.17) is 4.99 Å². The topological polar surface area (TPSA) is 12.4 Å². The standard InChI is InChI=1S/C55H43N/c1-39(41-20-7-3-8-21-41)38-53(43-22-9-4-10-23-43)56-40(2)42-34-36-46(37-35-42)55(45-26-13-6-14-27-45)51-32-18-17-30-49(51)47-28-15-16-29-48(47)50-31-19-33-52(55)54(50)44-24-11-5-12-25-44/h3-38,40H,1-2H3/b39-38+,56-53?. The molecule has 2 unspecified atom stereocenters. The van der Waals surface area contributed by atoms with Crippen molar-refractivity contribution >= 4 is 11.3 Å². The van der Waals surface area contributed by atoms with Crippen LogP contribution in [0.1, 0.15) is 58.8 Å². The van der Waals surface area contributed by atoms with E-state index in [1.54, 1.807) is 0 Å². The number of nitrogens with zero attached hydrogens (tertiary/aromatic N) is 1. The van der Waals surface area contributed by atoms with E-state index in [1.807, 2.05) is 0 Å². The molecule has 0 radical (unpaired) electrons. The SMILES string of the molecule is C/C(=C\C(=NC(C)c1ccc(C2(c3ccccc3)c3ccccc3-c3ccccc3-c3cccc2c3-c2ccccc2)cc1)c1ccccc1)c1ccccc1. The van der Waals surface area contributed by atoms with E-state index in [2.05, 4.69) is 232 Å². The first kappa shape index (κ1) is 34.9. The van der Waals surface area contributed by atoms with Crippen LogP contribution in [0, 0.1) is 0 Å². The van der Waals surface area contributed by atoms with Crippen LogP contribution < -0.4 is 0 Å². The summed E-state index contributed by atoms with van der Waals surface area (Å²) >= 11 is 0. The Kier molecular flexibility index (Phi) is 9.43. The highest BCUT2D eigenvalue weighted by molar-refractivity contribution is 6.12. The van der Waals surface area contributed by atoms with Crippen LogP contribution in [-0.2, 0) is 5.41 Å². The Morgan fingerprint density at radius 2 is 0.929 bits per heavy atom. The van der Waals surface area contributed by atoms with E-state index in [9.17, 15) is 0 Å². The molecule has 56 heavy (non-hydrogen) atoms. The average molecular weight is 718 g/mol. The summed E-state index contributed by atoms with van der Waals surface area (Å²) in [5, 5.41) is 0. The van der Waals surface area contributed by atoms with E-state index in [0.717, 1.165) is 16.8 Å². The summed E-state index contributed by atoms with van der Waals surface area (Å²) in [5.41, 5.74) is 17.4. The Labute approximate surface area is 331 Å². The molecule has 0 aliphatic heterocycles. The number of hydrogen-bond donors (Lipinski definition) is 0. The van der Waals surface area contributed by atoms with Gasteiger partial charge in [0.05, 0.1) is 17.2 Å². The highest BCUT2D eigenvalue weighted by Gasteiger charge is 2.43. The van der Waals surface area contributed by atoms with Gasteiger partial charge < -0.3 is 0 Å². The summed E-state index contributed by atoms with van der Waals surface area (Å²) in [6.45, 7) is 4.37. The Bertz CT molecular complexity index is 2670. The van der Waals surface area contributed by atoms with Crippen LogP contribution in [0.15, 0.2) is 223 Å². The number of benzene rings is 8. The summed E-state index contributed by atoms with van der Waals surface area (Å²) < 4.78 is 0. The van der Waals surface area contributed by atoms with Crippen molar-refractivity contribution in [3.63, 3.8) is 0 Å². The molecule has 2 atom stereocenters. The second-order valence-electron chi connectivity index (χ2n) is 14.7. The Hall–Kier alpha value is -6.83. The number of hydrogen-bond acceptors (Lipinski definition) is 1. The van der Waals surface area contributed by atoms with Crippen molar-refractivity contribution in [1.29, 1.82) is 0 Å². The second kappa shape index (κ2) is 15.1. The molecule has 1 nitrogen and oxygen atoms in total. The maximum Gasteiger partial charge on any atom is 0.0728 e. The highest BCUT2D eigenvalue weighted by atomic mass is 14.8. The molecule has 1 aliphatic carbocycles. The molecule has 0 N–H and O–H groups in total. The van der Waals surface area contributed by atoms with Crippen molar-refractivity contribution in [3.8, 4) is 33.4 Å². The zero-order valence-electron chi connectivity index (χ0n) is 31.8. The van der Waals surface area contributed by atoms with Crippen LogP contribution in [0.25, 0.3) is 39.0 Å². The van der Waals surface area contributed by atoms with Gasteiger partial charge in [0.15, 0.2) is 0 Å².